The molecule has 0 spiro atoms. The van der Waals surface area contributed by atoms with Gasteiger partial charge in [-0.2, -0.15) is 0 Å². The third-order valence-corrected chi connectivity index (χ3v) is 5.45. The molecule has 4 aromatic rings. The summed E-state index contributed by atoms with van der Waals surface area (Å²) < 4.78 is 1.42. The topological polar surface area (TPSA) is 85.8 Å². The molecule has 0 fully saturated rings. The number of nitrogens with one attached hydrogen (secondary N) is 1. The van der Waals surface area contributed by atoms with E-state index in [-0.39, 0.29) is 5.91 Å². The number of hydrogen-bond donors (Lipinski definition) is 2. The zero-order valence-electron chi connectivity index (χ0n) is 15.2. The molecule has 1 atom stereocenters. The first-order chi connectivity index (χ1) is 13.6. The second-order valence-electron chi connectivity index (χ2n) is 6.32. The molecule has 7 heteroatoms. The van der Waals surface area contributed by atoms with E-state index in [1.807, 2.05) is 79.7 Å². The monoisotopic (exact) mass is 389 g/mol. The van der Waals surface area contributed by atoms with Crippen LogP contribution in [0.5, 0.6) is 0 Å². The summed E-state index contributed by atoms with van der Waals surface area (Å²) in [4.78, 5) is 12.7. The van der Waals surface area contributed by atoms with Gasteiger partial charge in [0.25, 0.3) is 0 Å². The number of aromatic nitrogens is 3. The van der Waals surface area contributed by atoms with E-state index in [0.29, 0.717) is 11.0 Å². The van der Waals surface area contributed by atoms with Crippen molar-refractivity contribution in [3.05, 3.63) is 72.8 Å². The first kappa shape index (κ1) is 18.1. The minimum Gasteiger partial charge on any atom is -0.335 e. The van der Waals surface area contributed by atoms with Gasteiger partial charge in [-0.15, -0.1) is 10.2 Å². The van der Waals surface area contributed by atoms with Crippen LogP contribution in [-0.2, 0) is 4.79 Å². The van der Waals surface area contributed by atoms with E-state index in [2.05, 4.69) is 15.5 Å². The average molecular weight is 389 g/mol. The summed E-state index contributed by atoms with van der Waals surface area (Å²) in [7, 11) is 0. The van der Waals surface area contributed by atoms with E-state index in [0.717, 1.165) is 22.0 Å². The molecule has 3 aromatic carbocycles. The summed E-state index contributed by atoms with van der Waals surface area (Å²) >= 11 is 1.27. The minimum atomic E-state index is -0.394. The van der Waals surface area contributed by atoms with Gasteiger partial charge in [-0.05, 0) is 18.4 Å². The summed E-state index contributed by atoms with van der Waals surface area (Å²) in [5.41, 5.74) is 1.66. The Hall–Kier alpha value is -3.32. The van der Waals surface area contributed by atoms with Crippen molar-refractivity contribution >= 4 is 34.1 Å². The number of thioether (sulfide) groups is 1. The fourth-order valence-electron chi connectivity index (χ4n) is 2.92. The summed E-state index contributed by atoms with van der Waals surface area (Å²) in [6.07, 6.45) is 0. The Morgan fingerprint density at radius 3 is 2.54 bits per heavy atom. The fourth-order valence-corrected chi connectivity index (χ4v) is 3.69. The van der Waals surface area contributed by atoms with Crippen LogP contribution < -0.4 is 11.2 Å². The van der Waals surface area contributed by atoms with Crippen molar-refractivity contribution in [2.24, 2.45) is 0 Å². The van der Waals surface area contributed by atoms with Gasteiger partial charge in [0.2, 0.25) is 11.1 Å². The number of hydrogen-bond acceptors (Lipinski definition) is 5. The van der Waals surface area contributed by atoms with Crippen LogP contribution in [0, 0.1) is 0 Å². The fraction of sp³-hybridized carbons (Fsp3) is 0.0952. The number of anilines is 1. The predicted molar refractivity (Wildman–Crippen MR) is 114 cm³/mol. The molecule has 0 aliphatic rings. The molecule has 0 bridgehead atoms. The van der Waals surface area contributed by atoms with Crippen molar-refractivity contribution < 1.29 is 4.79 Å². The van der Waals surface area contributed by atoms with Gasteiger partial charge in [0.1, 0.15) is 0 Å². The number of nitrogen functional groups attached to an aromatic ring is 1. The van der Waals surface area contributed by atoms with Gasteiger partial charge in [-0.3, -0.25) is 4.79 Å². The molecule has 3 N–H and O–H groups in total. The largest absolute Gasteiger partial charge is 0.335 e. The van der Waals surface area contributed by atoms with Gasteiger partial charge >= 0.3 is 0 Å². The molecule has 0 saturated carbocycles. The molecule has 0 aliphatic heterocycles. The highest BCUT2D eigenvalue weighted by atomic mass is 32.2. The van der Waals surface area contributed by atoms with Crippen molar-refractivity contribution in [3.63, 3.8) is 0 Å². The number of carbonyl (C=O) groups is 1. The van der Waals surface area contributed by atoms with Crippen LogP contribution in [0.3, 0.4) is 0 Å². The molecule has 1 heterocycles. The van der Waals surface area contributed by atoms with Crippen LogP contribution in [0.1, 0.15) is 6.92 Å². The maximum Gasteiger partial charge on any atom is 0.237 e. The lowest BCUT2D eigenvalue weighted by atomic mass is 10.1. The number of nitrogens with zero attached hydrogens (tertiary/aromatic N) is 3. The van der Waals surface area contributed by atoms with Gasteiger partial charge in [0.05, 0.1) is 5.25 Å². The standard InChI is InChI=1S/C21H19N5OS/c1-14(20(27)23-18-13-7-11-15-8-5-6-12-17(15)18)28-21-25-24-19(26(21)22)16-9-3-2-4-10-16/h2-14H,22H2,1H3,(H,23,27). The maximum absolute atomic E-state index is 12.7. The zero-order valence-corrected chi connectivity index (χ0v) is 16.1. The number of fused-ring (bicyclic) bond motifs is 1. The summed E-state index contributed by atoms with van der Waals surface area (Å²) in [5.74, 6) is 6.59. The van der Waals surface area contributed by atoms with Crippen molar-refractivity contribution in [3.8, 4) is 11.4 Å². The highest BCUT2D eigenvalue weighted by Gasteiger charge is 2.20. The van der Waals surface area contributed by atoms with Crippen LogP contribution in [0.4, 0.5) is 5.69 Å². The van der Waals surface area contributed by atoms with E-state index in [4.69, 9.17) is 5.84 Å². The Morgan fingerprint density at radius 1 is 1.00 bits per heavy atom. The number of benzene rings is 3. The Balaban J connectivity index is 1.50. The molecule has 6 nitrogen and oxygen atoms in total. The lowest BCUT2D eigenvalue weighted by Crippen LogP contribution is -2.23. The first-order valence-electron chi connectivity index (χ1n) is 8.84. The molecule has 0 aliphatic carbocycles. The molecule has 140 valence electrons. The van der Waals surface area contributed by atoms with E-state index in [1.54, 1.807) is 0 Å². The third-order valence-electron chi connectivity index (χ3n) is 4.40. The molecule has 1 aromatic heterocycles. The van der Waals surface area contributed by atoms with Gasteiger partial charge in [0.15, 0.2) is 5.82 Å². The lowest BCUT2D eigenvalue weighted by molar-refractivity contribution is -0.115. The Kier molecular flexibility index (Phi) is 4.99. The SMILES string of the molecule is CC(Sc1nnc(-c2ccccc2)n1N)C(=O)Nc1cccc2ccccc12. The zero-order chi connectivity index (χ0) is 19.5. The van der Waals surface area contributed by atoms with Crippen LogP contribution in [0.25, 0.3) is 22.2 Å². The molecule has 4 rings (SSSR count). The van der Waals surface area contributed by atoms with Crippen molar-refractivity contribution in [1.82, 2.24) is 14.9 Å². The highest BCUT2D eigenvalue weighted by Crippen LogP contribution is 2.27. The summed E-state index contributed by atoms with van der Waals surface area (Å²) in [5, 5.41) is 13.5. The average Bonchev–Trinajstić information content (AvgIpc) is 3.09. The maximum atomic E-state index is 12.7. The number of carbonyl (C=O) groups excluding carboxylic acids is 1. The third kappa shape index (κ3) is 3.57. The number of rotatable bonds is 5. The molecular weight excluding hydrogens is 370 g/mol. The summed E-state index contributed by atoms with van der Waals surface area (Å²) in [6, 6.07) is 23.4. The van der Waals surface area contributed by atoms with Crippen molar-refractivity contribution in [2.45, 2.75) is 17.3 Å². The van der Waals surface area contributed by atoms with Crippen LogP contribution in [-0.4, -0.2) is 26.0 Å². The summed E-state index contributed by atoms with van der Waals surface area (Å²) in [6.45, 7) is 1.82. The molecule has 0 saturated heterocycles. The van der Waals surface area contributed by atoms with Crippen LogP contribution in [0.15, 0.2) is 78.0 Å². The van der Waals surface area contributed by atoms with Crippen molar-refractivity contribution in [2.75, 3.05) is 11.2 Å². The van der Waals surface area contributed by atoms with Crippen LogP contribution in [0.2, 0.25) is 0 Å². The van der Waals surface area contributed by atoms with E-state index < -0.39 is 5.25 Å². The second-order valence-corrected chi connectivity index (χ2v) is 7.63. The first-order valence-corrected chi connectivity index (χ1v) is 9.72. The minimum absolute atomic E-state index is 0.120. The number of nitrogens with two attached hydrogens (primary N) is 1. The van der Waals surface area contributed by atoms with Gasteiger partial charge in [-0.1, -0.05) is 78.5 Å². The molecular formula is C21H19N5OS. The van der Waals surface area contributed by atoms with E-state index >= 15 is 0 Å². The quantitative estimate of drug-likeness (QED) is 0.399. The Labute approximate surface area is 166 Å². The lowest BCUT2D eigenvalue weighted by Gasteiger charge is -2.13. The number of amides is 1. The van der Waals surface area contributed by atoms with Gasteiger partial charge in [0, 0.05) is 16.6 Å². The predicted octanol–water partition coefficient (Wildman–Crippen LogP) is 3.93. The second kappa shape index (κ2) is 7.74. The van der Waals surface area contributed by atoms with E-state index in [9.17, 15) is 4.79 Å². The molecule has 1 amide bonds. The normalized spacial score (nSPS) is 12.0. The smallest absolute Gasteiger partial charge is 0.237 e. The van der Waals surface area contributed by atoms with Gasteiger partial charge in [-0.25, -0.2) is 4.68 Å². The molecule has 0 radical (unpaired) electrons. The highest BCUT2D eigenvalue weighted by molar-refractivity contribution is 8.00. The Morgan fingerprint density at radius 2 is 1.71 bits per heavy atom. The molecule has 28 heavy (non-hydrogen) atoms. The van der Waals surface area contributed by atoms with Crippen LogP contribution >= 0.6 is 11.8 Å². The Bertz CT molecular complexity index is 1120. The van der Waals surface area contributed by atoms with Gasteiger partial charge < -0.3 is 11.2 Å². The molecule has 1 unspecified atom stereocenters. The van der Waals surface area contributed by atoms with E-state index in [1.165, 1.54) is 16.4 Å². The van der Waals surface area contributed by atoms with Crippen molar-refractivity contribution in [1.29, 1.82) is 0 Å².